The fourth-order valence-corrected chi connectivity index (χ4v) is 3.43. The van der Waals surface area contributed by atoms with Gasteiger partial charge in [-0.2, -0.15) is 5.26 Å². The van der Waals surface area contributed by atoms with Crippen LogP contribution in [0, 0.1) is 18.3 Å². The Morgan fingerprint density at radius 3 is 2.37 bits per heavy atom. The molecule has 0 saturated carbocycles. The average Bonchev–Trinajstić information content (AvgIpc) is 3.44. The van der Waals surface area contributed by atoms with Crippen molar-refractivity contribution in [1.82, 2.24) is 9.47 Å². The number of amides is 3. The predicted molar refractivity (Wildman–Crippen MR) is 107 cm³/mol. The van der Waals surface area contributed by atoms with Gasteiger partial charge in [-0.1, -0.05) is 12.1 Å². The van der Waals surface area contributed by atoms with Crippen molar-refractivity contribution in [2.45, 2.75) is 26.3 Å². The largest absolute Gasteiger partial charge is 0.443 e. The average molecular weight is 402 g/mol. The Balaban J connectivity index is 1.51. The third-order valence-electron chi connectivity index (χ3n) is 4.95. The maximum atomic E-state index is 12.8. The number of nitriles is 1. The Bertz CT molecular complexity index is 1150. The number of furan rings is 1. The summed E-state index contributed by atoms with van der Waals surface area (Å²) in [6, 6.07) is 12.5. The summed E-state index contributed by atoms with van der Waals surface area (Å²) in [5.41, 5.74) is 1.64. The molecule has 0 atom stereocenters. The molecule has 1 aliphatic heterocycles. The lowest BCUT2D eigenvalue weighted by Crippen LogP contribution is -2.28. The van der Waals surface area contributed by atoms with E-state index in [1.54, 1.807) is 60.3 Å². The molecule has 0 bridgehead atoms. The first kappa shape index (κ1) is 19.2. The molecule has 1 saturated heterocycles. The number of aryl methyl sites for hydroxylation is 1. The van der Waals surface area contributed by atoms with E-state index in [4.69, 9.17) is 4.42 Å². The molecule has 0 aliphatic carbocycles. The highest BCUT2D eigenvalue weighted by Crippen LogP contribution is 2.26. The minimum Gasteiger partial charge on any atom is -0.443 e. The van der Waals surface area contributed by atoms with Gasteiger partial charge in [0.1, 0.15) is 23.0 Å². The van der Waals surface area contributed by atoms with E-state index in [2.05, 4.69) is 11.4 Å². The van der Waals surface area contributed by atoms with Crippen LogP contribution in [0.1, 0.15) is 40.1 Å². The van der Waals surface area contributed by atoms with Crippen molar-refractivity contribution < 1.29 is 18.8 Å². The molecule has 1 aromatic carbocycles. The van der Waals surface area contributed by atoms with Gasteiger partial charge in [0.05, 0.1) is 6.54 Å². The molecule has 0 spiro atoms. The van der Waals surface area contributed by atoms with Crippen molar-refractivity contribution in [1.29, 1.82) is 5.26 Å². The molecule has 150 valence electrons. The van der Waals surface area contributed by atoms with Crippen molar-refractivity contribution in [2.24, 2.45) is 0 Å². The molecule has 1 fully saturated rings. The Hall–Kier alpha value is -4.12. The van der Waals surface area contributed by atoms with Gasteiger partial charge >= 0.3 is 0 Å². The van der Waals surface area contributed by atoms with Crippen LogP contribution >= 0.6 is 0 Å². The van der Waals surface area contributed by atoms with Crippen LogP contribution in [0.3, 0.4) is 0 Å². The zero-order valence-electron chi connectivity index (χ0n) is 16.2. The normalized spacial score (nSPS) is 13.5. The van der Waals surface area contributed by atoms with Gasteiger partial charge in [-0.3, -0.25) is 23.9 Å². The van der Waals surface area contributed by atoms with Crippen molar-refractivity contribution in [3.05, 3.63) is 71.2 Å². The minimum absolute atomic E-state index is 0.156. The van der Waals surface area contributed by atoms with Gasteiger partial charge in [-0.25, -0.2) is 0 Å². The molecule has 4 rings (SSSR count). The molecular formula is C22H18N4O4. The van der Waals surface area contributed by atoms with Crippen molar-refractivity contribution in [3.8, 4) is 12.0 Å². The Morgan fingerprint density at radius 1 is 1.13 bits per heavy atom. The van der Waals surface area contributed by atoms with Crippen LogP contribution in [0.2, 0.25) is 0 Å². The lowest BCUT2D eigenvalue weighted by atomic mass is 10.1. The van der Waals surface area contributed by atoms with E-state index in [-0.39, 0.29) is 42.3 Å². The van der Waals surface area contributed by atoms with Crippen molar-refractivity contribution in [3.63, 3.8) is 0 Å². The number of nitrogens with one attached hydrogen (secondary N) is 1. The number of anilines is 1. The van der Waals surface area contributed by atoms with Gasteiger partial charge in [0, 0.05) is 30.9 Å². The lowest BCUT2D eigenvalue weighted by molar-refractivity contribution is -0.139. The van der Waals surface area contributed by atoms with E-state index in [0.717, 1.165) is 5.56 Å². The topological polar surface area (TPSA) is 108 Å². The molecule has 2 aromatic heterocycles. The number of aromatic nitrogens is 1. The number of likely N-dealkylation sites (tertiary alicyclic amines) is 1. The third kappa shape index (κ3) is 3.49. The maximum Gasteiger partial charge on any atom is 0.260 e. The van der Waals surface area contributed by atoms with Crippen LogP contribution in [-0.2, 0) is 16.1 Å². The molecule has 3 amide bonds. The highest BCUT2D eigenvalue weighted by atomic mass is 16.4. The van der Waals surface area contributed by atoms with Gasteiger partial charge in [0.15, 0.2) is 0 Å². The second-order valence-electron chi connectivity index (χ2n) is 6.94. The van der Waals surface area contributed by atoms with Crippen LogP contribution in [0.15, 0.2) is 53.2 Å². The molecule has 1 N–H and O–H groups in total. The van der Waals surface area contributed by atoms with Crippen LogP contribution in [0.25, 0.3) is 5.88 Å². The standard InChI is InChI=1S/C22H18N4O4/c1-14-20(17(12-23)22(30-14)25-10-2-3-11-25)21(29)24-16-6-4-15(5-7-16)13-26-18(27)8-9-19(26)28/h2-7,10-11H,8-9,13H2,1H3,(H,24,29). The summed E-state index contributed by atoms with van der Waals surface area (Å²) >= 11 is 0. The van der Waals surface area contributed by atoms with Gasteiger partial charge < -0.3 is 9.73 Å². The number of carbonyl (C=O) groups excluding carboxylic acids is 3. The summed E-state index contributed by atoms with van der Waals surface area (Å²) in [5, 5.41) is 12.3. The monoisotopic (exact) mass is 402 g/mol. The first-order valence-electron chi connectivity index (χ1n) is 9.38. The number of imide groups is 1. The number of carbonyl (C=O) groups is 3. The molecule has 8 heteroatoms. The van der Waals surface area contributed by atoms with Crippen molar-refractivity contribution in [2.75, 3.05) is 5.32 Å². The summed E-state index contributed by atoms with van der Waals surface area (Å²) in [4.78, 5) is 37.6. The van der Waals surface area contributed by atoms with Crippen LogP contribution in [0.4, 0.5) is 5.69 Å². The first-order chi connectivity index (χ1) is 14.5. The fraction of sp³-hybridized carbons (Fsp3) is 0.182. The van der Waals surface area contributed by atoms with Crippen molar-refractivity contribution >= 4 is 23.4 Å². The third-order valence-corrected chi connectivity index (χ3v) is 4.95. The number of hydrogen-bond donors (Lipinski definition) is 1. The van der Waals surface area contributed by atoms with E-state index in [1.807, 2.05) is 0 Å². The van der Waals surface area contributed by atoms with Gasteiger partial charge in [-0.05, 0) is 36.8 Å². The highest BCUT2D eigenvalue weighted by Gasteiger charge is 2.28. The first-order valence-corrected chi connectivity index (χ1v) is 9.38. The Morgan fingerprint density at radius 2 is 1.77 bits per heavy atom. The predicted octanol–water partition coefficient (Wildman–Crippen LogP) is 3.15. The Labute approximate surface area is 172 Å². The van der Waals surface area contributed by atoms with Crippen LogP contribution in [-0.4, -0.2) is 27.2 Å². The zero-order chi connectivity index (χ0) is 21.3. The summed E-state index contributed by atoms with van der Waals surface area (Å²) in [5.74, 6) is -0.162. The molecule has 3 heterocycles. The van der Waals surface area contributed by atoms with E-state index in [0.29, 0.717) is 17.3 Å². The number of rotatable bonds is 5. The molecule has 30 heavy (non-hydrogen) atoms. The van der Waals surface area contributed by atoms with Crippen LogP contribution < -0.4 is 5.32 Å². The fourth-order valence-electron chi connectivity index (χ4n) is 3.43. The smallest absolute Gasteiger partial charge is 0.260 e. The SMILES string of the molecule is Cc1oc(-n2cccc2)c(C#N)c1C(=O)Nc1ccc(CN2C(=O)CCC2=O)cc1. The molecular weight excluding hydrogens is 384 g/mol. The Kier molecular flexibility index (Phi) is 4.94. The zero-order valence-corrected chi connectivity index (χ0v) is 16.2. The number of benzene rings is 1. The number of nitrogens with zero attached hydrogens (tertiary/aromatic N) is 3. The van der Waals surface area contributed by atoms with E-state index in [1.165, 1.54) is 4.90 Å². The highest BCUT2D eigenvalue weighted by molar-refractivity contribution is 6.07. The molecule has 0 radical (unpaired) electrons. The second kappa shape index (κ2) is 7.72. The summed E-state index contributed by atoms with van der Waals surface area (Å²) in [6.07, 6.45) is 3.97. The minimum atomic E-state index is -0.455. The lowest BCUT2D eigenvalue weighted by Gasteiger charge is -2.14. The van der Waals surface area contributed by atoms with Crippen LogP contribution in [0.5, 0.6) is 0 Å². The molecule has 3 aromatic rings. The van der Waals surface area contributed by atoms with E-state index >= 15 is 0 Å². The summed E-state index contributed by atoms with van der Waals surface area (Å²) in [6.45, 7) is 1.85. The molecule has 1 aliphatic rings. The molecule has 0 unspecified atom stereocenters. The van der Waals surface area contributed by atoms with Gasteiger partial charge in [0.25, 0.3) is 5.91 Å². The quantitative estimate of drug-likeness (QED) is 0.660. The number of hydrogen-bond acceptors (Lipinski definition) is 5. The van der Waals surface area contributed by atoms with Gasteiger partial charge in [-0.15, -0.1) is 0 Å². The summed E-state index contributed by atoms with van der Waals surface area (Å²) < 4.78 is 7.30. The summed E-state index contributed by atoms with van der Waals surface area (Å²) in [7, 11) is 0. The van der Waals surface area contributed by atoms with E-state index in [9.17, 15) is 19.6 Å². The molecule has 8 nitrogen and oxygen atoms in total. The van der Waals surface area contributed by atoms with E-state index < -0.39 is 5.91 Å². The van der Waals surface area contributed by atoms with Gasteiger partial charge in [0.2, 0.25) is 17.7 Å². The maximum absolute atomic E-state index is 12.8. The second-order valence-corrected chi connectivity index (χ2v) is 6.94.